The van der Waals surface area contributed by atoms with E-state index >= 15 is 0 Å². The zero-order valence-corrected chi connectivity index (χ0v) is 13.2. The third-order valence-electron chi connectivity index (χ3n) is 3.96. The molecule has 0 atom stereocenters. The van der Waals surface area contributed by atoms with Crippen molar-refractivity contribution < 1.29 is 12.8 Å². The molecule has 1 N–H and O–H groups in total. The number of hydrogen-bond donors (Lipinski definition) is 1. The molecule has 1 saturated heterocycles. The summed E-state index contributed by atoms with van der Waals surface area (Å²) < 4.78 is 39.6. The number of nitrogens with one attached hydrogen (secondary N) is 1. The number of sulfonamides is 1. The van der Waals surface area contributed by atoms with Crippen molar-refractivity contribution >= 4 is 15.7 Å². The van der Waals surface area contributed by atoms with E-state index in [2.05, 4.69) is 5.32 Å². The molecule has 1 aromatic rings. The number of benzene rings is 1. The number of nitrogens with zero attached hydrogens (tertiary/aromatic N) is 1. The largest absolute Gasteiger partial charge is 0.317 e. The van der Waals surface area contributed by atoms with Crippen molar-refractivity contribution in [2.75, 3.05) is 29.7 Å². The van der Waals surface area contributed by atoms with E-state index in [1.807, 2.05) is 0 Å². The first-order valence-corrected chi connectivity index (χ1v) is 9.10. The highest BCUT2D eigenvalue weighted by Gasteiger charge is 2.23. The molecule has 0 unspecified atom stereocenters. The van der Waals surface area contributed by atoms with Crippen LogP contribution < -0.4 is 9.62 Å². The summed E-state index contributed by atoms with van der Waals surface area (Å²) in [5, 5.41) is 3.28. The average molecular weight is 314 g/mol. The zero-order valence-electron chi connectivity index (χ0n) is 12.4. The second kappa shape index (κ2) is 7.22. The van der Waals surface area contributed by atoms with Gasteiger partial charge in [-0.1, -0.05) is 6.07 Å². The van der Waals surface area contributed by atoms with Crippen LogP contribution in [0.4, 0.5) is 10.1 Å². The maximum atomic E-state index is 13.3. The van der Waals surface area contributed by atoms with Gasteiger partial charge in [-0.05, 0) is 63.4 Å². The lowest BCUT2D eigenvalue weighted by Gasteiger charge is -2.26. The van der Waals surface area contributed by atoms with Crippen molar-refractivity contribution in [1.29, 1.82) is 0 Å². The van der Waals surface area contributed by atoms with E-state index in [1.54, 1.807) is 13.0 Å². The van der Waals surface area contributed by atoms with Gasteiger partial charge >= 0.3 is 0 Å². The lowest BCUT2D eigenvalue weighted by molar-refractivity contribution is 0.365. The van der Waals surface area contributed by atoms with Crippen LogP contribution in [0.15, 0.2) is 24.3 Å². The molecule has 1 aliphatic rings. The Kier molecular flexibility index (Phi) is 5.58. The molecule has 0 amide bonds. The molecule has 1 aromatic carbocycles. The Balaban J connectivity index is 2.05. The second-order valence-corrected chi connectivity index (χ2v) is 7.46. The minimum Gasteiger partial charge on any atom is -0.317 e. The molecule has 1 aliphatic heterocycles. The molecule has 0 bridgehead atoms. The molecule has 0 aliphatic carbocycles. The lowest BCUT2D eigenvalue weighted by atomic mass is 9.96. The summed E-state index contributed by atoms with van der Waals surface area (Å²) in [6.07, 6.45) is 2.74. The smallest absolute Gasteiger partial charge is 0.235 e. The molecule has 4 nitrogen and oxygen atoms in total. The number of halogens is 1. The number of hydrogen-bond acceptors (Lipinski definition) is 3. The summed E-state index contributed by atoms with van der Waals surface area (Å²) in [4.78, 5) is 0. The lowest BCUT2D eigenvalue weighted by Crippen LogP contribution is -2.35. The molecular formula is C15H23FN2O2S. The van der Waals surface area contributed by atoms with Crippen molar-refractivity contribution in [2.24, 2.45) is 5.92 Å². The van der Waals surface area contributed by atoms with Gasteiger partial charge in [0.15, 0.2) is 0 Å². The number of anilines is 1. The summed E-state index contributed by atoms with van der Waals surface area (Å²) in [5.41, 5.74) is 0.405. The van der Waals surface area contributed by atoms with Gasteiger partial charge in [-0.25, -0.2) is 12.8 Å². The van der Waals surface area contributed by atoms with Gasteiger partial charge in [-0.2, -0.15) is 0 Å². The highest BCUT2D eigenvalue weighted by atomic mass is 32.2. The van der Waals surface area contributed by atoms with Gasteiger partial charge in [0, 0.05) is 6.54 Å². The Hall–Kier alpha value is -1.14. The van der Waals surface area contributed by atoms with Crippen molar-refractivity contribution in [3.05, 3.63) is 30.1 Å². The summed E-state index contributed by atoms with van der Waals surface area (Å²) in [6.45, 7) is 4.02. The van der Waals surface area contributed by atoms with E-state index in [4.69, 9.17) is 0 Å². The van der Waals surface area contributed by atoms with Gasteiger partial charge in [-0.3, -0.25) is 4.31 Å². The van der Waals surface area contributed by atoms with E-state index < -0.39 is 15.8 Å². The predicted octanol–water partition coefficient (Wildman–Crippen LogP) is 2.37. The summed E-state index contributed by atoms with van der Waals surface area (Å²) in [5.74, 6) is 0.175. The van der Waals surface area contributed by atoms with E-state index in [9.17, 15) is 12.8 Å². The first-order valence-electron chi connectivity index (χ1n) is 7.49. The zero-order chi connectivity index (χ0) is 15.3. The molecule has 1 heterocycles. The van der Waals surface area contributed by atoms with Crippen LogP contribution in [-0.4, -0.2) is 33.8 Å². The normalized spacial score (nSPS) is 16.9. The van der Waals surface area contributed by atoms with Crippen LogP contribution in [0.5, 0.6) is 0 Å². The van der Waals surface area contributed by atoms with Crippen LogP contribution in [0.25, 0.3) is 0 Å². The van der Waals surface area contributed by atoms with Crippen LogP contribution in [-0.2, 0) is 10.0 Å². The molecule has 0 spiro atoms. The fourth-order valence-electron chi connectivity index (χ4n) is 2.77. The van der Waals surface area contributed by atoms with Crippen LogP contribution in [0.3, 0.4) is 0 Å². The minimum atomic E-state index is -3.40. The van der Waals surface area contributed by atoms with Gasteiger partial charge in [0.25, 0.3) is 0 Å². The predicted molar refractivity (Wildman–Crippen MR) is 83.4 cm³/mol. The van der Waals surface area contributed by atoms with Crippen molar-refractivity contribution in [3.8, 4) is 0 Å². The summed E-state index contributed by atoms with van der Waals surface area (Å²) in [6, 6.07) is 5.76. The summed E-state index contributed by atoms with van der Waals surface area (Å²) in [7, 11) is -3.40. The highest BCUT2D eigenvalue weighted by molar-refractivity contribution is 7.92. The molecule has 0 aromatic heterocycles. The Bertz CT molecular complexity index is 557. The monoisotopic (exact) mass is 314 g/mol. The first-order chi connectivity index (χ1) is 10.0. The Morgan fingerprint density at radius 2 is 2.05 bits per heavy atom. The quantitative estimate of drug-likeness (QED) is 0.877. The minimum absolute atomic E-state index is 0.127. The van der Waals surface area contributed by atoms with Gasteiger partial charge in [0.1, 0.15) is 5.82 Å². The fraction of sp³-hybridized carbons (Fsp3) is 0.600. The van der Waals surface area contributed by atoms with E-state index in [0.717, 1.165) is 25.9 Å². The Labute approximate surface area is 126 Å². The van der Waals surface area contributed by atoms with Gasteiger partial charge in [-0.15, -0.1) is 0 Å². The molecular weight excluding hydrogens is 291 g/mol. The first kappa shape index (κ1) is 16.2. The van der Waals surface area contributed by atoms with E-state index in [1.165, 1.54) is 22.5 Å². The molecule has 21 heavy (non-hydrogen) atoms. The third-order valence-corrected chi connectivity index (χ3v) is 5.85. The maximum Gasteiger partial charge on any atom is 0.235 e. The standard InChI is InChI=1S/C15H23FN2O2S/c1-2-18(15-5-3-4-14(16)12-15)21(19,20)11-8-13-6-9-17-10-7-13/h3-5,12-13,17H,2,6-11H2,1H3. The topological polar surface area (TPSA) is 49.4 Å². The molecule has 0 saturated carbocycles. The van der Waals surface area contributed by atoms with Gasteiger partial charge in [0.05, 0.1) is 11.4 Å². The van der Waals surface area contributed by atoms with Crippen LogP contribution in [0.1, 0.15) is 26.2 Å². The van der Waals surface area contributed by atoms with Gasteiger partial charge < -0.3 is 5.32 Å². The third kappa shape index (κ3) is 4.41. The molecule has 6 heteroatoms. The molecule has 0 radical (unpaired) electrons. The molecule has 2 rings (SSSR count). The number of rotatable bonds is 6. The molecule has 118 valence electrons. The molecule has 1 fully saturated rings. The van der Waals surface area contributed by atoms with Crippen molar-refractivity contribution in [3.63, 3.8) is 0 Å². The average Bonchev–Trinajstić information content (AvgIpc) is 2.47. The maximum absolute atomic E-state index is 13.3. The SMILES string of the molecule is CCN(c1cccc(F)c1)S(=O)(=O)CCC1CCNCC1. The highest BCUT2D eigenvalue weighted by Crippen LogP contribution is 2.22. The fourth-order valence-corrected chi connectivity index (χ4v) is 4.45. The Morgan fingerprint density at radius 1 is 1.33 bits per heavy atom. The van der Waals surface area contributed by atoms with Crippen LogP contribution >= 0.6 is 0 Å². The van der Waals surface area contributed by atoms with Gasteiger partial charge in [0.2, 0.25) is 10.0 Å². The number of piperidine rings is 1. The van der Waals surface area contributed by atoms with E-state index in [-0.39, 0.29) is 5.75 Å². The van der Waals surface area contributed by atoms with Crippen LogP contribution in [0.2, 0.25) is 0 Å². The Morgan fingerprint density at radius 3 is 2.67 bits per heavy atom. The summed E-state index contributed by atoms with van der Waals surface area (Å²) >= 11 is 0. The van der Waals surface area contributed by atoms with Crippen molar-refractivity contribution in [1.82, 2.24) is 5.32 Å². The van der Waals surface area contributed by atoms with Crippen molar-refractivity contribution in [2.45, 2.75) is 26.2 Å². The van der Waals surface area contributed by atoms with Crippen LogP contribution in [0, 0.1) is 11.7 Å². The van der Waals surface area contributed by atoms with E-state index in [0.29, 0.717) is 24.6 Å². The second-order valence-electron chi connectivity index (χ2n) is 5.44.